The van der Waals surface area contributed by atoms with Gasteiger partial charge in [0.05, 0.1) is 44.2 Å². The van der Waals surface area contributed by atoms with E-state index in [4.69, 9.17) is 37.9 Å². The number of benzene rings is 9. The van der Waals surface area contributed by atoms with E-state index in [0.29, 0.717) is 35.8 Å². The van der Waals surface area contributed by atoms with Gasteiger partial charge in [-0.2, -0.15) is 0 Å². The van der Waals surface area contributed by atoms with Crippen molar-refractivity contribution in [1.29, 1.82) is 0 Å². The van der Waals surface area contributed by atoms with Crippen LogP contribution in [0.1, 0.15) is 92.9 Å². The van der Waals surface area contributed by atoms with Crippen LogP contribution in [0.5, 0.6) is 17.2 Å². The lowest BCUT2D eigenvalue weighted by Gasteiger charge is -2.47. The Morgan fingerprint density at radius 2 is 0.819 bits per heavy atom. The zero-order chi connectivity index (χ0) is 57.1. The molecule has 422 valence electrons. The highest BCUT2D eigenvalue weighted by Gasteiger charge is 2.51. The van der Waals surface area contributed by atoms with E-state index in [1.165, 1.54) is 0 Å². The summed E-state index contributed by atoms with van der Waals surface area (Å²) in [5.41, 5.74) is 8.70. The fraction of sp³-hybridized carbons (Fsp3) is 0.230. The van der Waals surface area contributed by atoms with Gasteiger partial charge in [-0.05, 0) is 74.2 Å². The second-order valence-corrected chi connectivity index (χ2v) is 21.8. The molecule has 9 aromatic carbocycles. The van der Waals surface area contributed by atoms with Crippen LogP contribution < -0.4 is 14.2 Å². The molecule has 0 unspecified atom stereocenters. The molecule has 1 aliphatic heterocycles. The lowest BCUT2D eigenvalue weighted by Crippen LogP contribution is -2.58. The van der Waals surface area contributed by atoms with E-state index in [0.717, 1.165) is 55.8 Å². The highest BCUT2D eigenvalue weighted by atomic mass is 16.6. The average molecular weight is 1110 g/mol. The van der Waals surface area contributed by atoms with Crippen molar-refractivity contribution in [1.82, 2.24) is 0 Å². The molecule has 0 aliphatic carbocycles. The van der Waals surface area contributed by atoms with Gasteiger partial charge >= 0.3 is 0 Å². The Labute approximate surface area is 489 Å². The molecule has 0 aromatic heterocycles. The zero-order valence-corrected chi connectivity index (χ0v) is 47.5. The van der Waals surface area contributed by atoms with Crippen LogP contribution in [0.4, 0.5) is 0 Å². The molecule has 1 aliphatic rings. The van der Waals surface area contributed by atoms with Crippen molar-refractivity contribution in [3.05, 3.63) is 310 Å². The second kappa shape index (κ2) is 29.0. The number of carbonyl (C=O) groups excluding carboxylic acids is 1. The van der Waals surface area contributed by atoms with Gasteiger partial charge in [-0.25, -0.2) is 0 Å². The summed E-state index contributed by atoms with van der Waals surface area (Å²) in [5.74, 6) is 1.26. The van der Waals surface area contributed by atoms with Crippen molar-refractivity contribution in [3.8, 4) is 17.2 Å². The largest absolute Gasteiger partial charge is 0.489 e. The molecular weight excluding hydrogens is 1030 g/mol. The van der Waals surface area contributed by atoms with E-state index < -0.39 is 35.9 Å². The molecule has 0 amide bonds. The third-order valence-corrected chi connectivity index (χ3v) is 14.5. The van der Waals surface area contributed by atoms with Crippen LogP contribution in [0.25, 0.3) is 6.08 Å². The van der Waals surface area contributed by atoms with Crippen LogP contribution in [0, 0.1) is 0 Å². The van der Waals surface area contributed by atoms with Gasteiger partial charge < -0.3 is 37.9 Å². The number of allylic oxidation sites excluding steroid dienone is 1. The molecular formula is C74H72O9. The molecule has 1 heterocycles. The predicted molar refractivity (Wildman–Crippen MR) is 326 cm³/mol. The minimum absolute atomic E-state index is 0.117. The van der Waals surface area contributed by atoms with E-state index in [1.54, 1.807) is 6.08 Å². The van der Waals surface area contributed by atoms with Gasteiger partial charge in [0.2, 0.25) is 0 Å². The highest BCUT2D eigenvalue weighted by molar-refractivity contribution is 6.09. The summed E-state index contributed by atoms with van der Waals surface area (Å²) < 4.78 is 56.8. The van der Waals surface area contributed by atoms with Gasteiger partial charge in [-0.3, -0.25) is 4.79 Å². The Morgan fingerprint density at radius 3 is 1.27 bits per heavy atom. The fourth-order valence-electron chi connectivity index (χ4n) is 10.1. The zero-order valence-electron chi connectivity index (χ0n) is 47.5. The third kappa shape index (κ3) is 16.2. The molecule has 0 bridgehead atoms. The maximum atomic E-state index is 15.5. The van der Waals surface area contributed by atoms with E-state index in [1.807, 2.05) is 249 Å². The molecule has 9 nitrogen and oxygen atoms in total. The molecule has 0 radical (unpaired) electrons. The smallest absolute Gasteiger partial charge is 0.189 e. The highest BCUT2D eigenvalue weighted by Crippen LogP contribution is 2.51. The van der Waals surface area contributed by atoms with Gasteiger partial charge in [0.1, 0.15) is 67.6 Å². The summed E-state index contributed by atoms with van der Waals surface area (Å²) in [4.78, 5) is 15.5. The molecule has 0 spiro atoms. The van der Waals surface area contributed by atoms with Crippen molar-refractivity contribution in [3.63, 3.8) is 0 Å². The summed E-state index contributed by atoms with van der Waals surface area (Å²) in [6.45, 7) is 8.28. The van der Waals surface area contributed by atoms with Crippen LogP contribution in [-0.2, 0) is 75.3 Å². The van der Waals surface area contributed by atoms with Crippen LogP contribution in [0.2, 0.25) is 0 Å². The van der Waals surface area contributed by atoms with Gasteiger partial charge in [-0.1, -0.05) is 251 Å². The van der Waals surface area contributed by atoms with Crippen LogP contribution in [0.15, 0.2) is 249 Å². The van der Waals surface area contributed by atoms with E-state index in [9.17, 15) is 0 Å². The summed E-state index contributed by atoms with van der Waals surface area (Å²) in [7, 11) is 0. The minimum atomic E-state index is -1.01. The molecule has 0 saturated carbocycles. The normalized spacial score (nSPS) is 17.0. The first-order valence-corrected chi connectivity index (χ1v) is 28.5. The number of rotatable bonds is 26. The Bertz CT molecular complexity index is 3410. The van der Waals surface area contributed by atoms with Crippen LogP contribution in [-0.4, -0.2) is 36.8 Å². The molecule has 9 heteroatoms. The van der Waals surface area contributed by atoms with Gasteiger partial charge in [0.15, 0.2) is 5.78 Å². The number of ketones is 1. The Hall–Kier alpha value is -8.41. The third-order valence-electron chi connectivity index (χ3n) is 14.5. The molecule has 1 saturated heterocycles. The predicted octanol–water partition coefficient (Wildman–Crippen LogP) is 16.0. The van der Waals surface area contributed by atoms with Crippen molar-refractivity contribution < 1.29 is 42.7 Å². The van der Waals surface area contributed by atoms with Crippen molar-refractivity contribution in [2.45, 2.75) is 103 Å². The number of ether oxygens (including phenoxy) is 8. The van der Waals surface area contributed by atoms with E-state index in [-0.39, 0.29) is 45.4 Å². The van der Waals surface area contributed by atoms with Gasteiger partial charge in [0, 0.05) is 5.56 Å². The Balaban J connectivity index is 1.15. The molecule has 10 rings (SSSR count). The lowest BCUT2D eigenvalue weighted by atomic mass is 9.80. The summed E-state index contributed by atoms with van der Waals surface area (Å²) in [6, 6.07) is 80.1. The topological polar surface area (TPSA) is 90.9 Å². The van der Waals surface area contributed by atoms with Crippen molar-refractivity contribution in [2.75, 3.05) is 6.61 Å². The molecule has 83 heavy (non-hydrogen) atoms. The number of hydrogen-bond acceptors (Lipinski definition) is 9. The molecule has 0 N–H and O–H groups in total. The number of hydrogen-bond donors (Lipinski definition) is 0. The van der Waals surface area contributed by atoms with Gasteiger partial charge in [0.25, 0.3) is 0 Å². The molecule has 1 fully saturated rings. The maximum absolute atomic E-state index is 15.5. The van der Waals surface area contributed by atoms with E-state index in [2.05, 4.69) is 20.8 Å². The SMILES string of the molecule is CC(C)(C)c1cc(C(=O)/C=C/c2ccc(OCc3ccccc3)cc2)c(OCc2ccccc2)c([C@@H]2O[C@H](COCc3ccccc3)[C@@H](OCc3ccccc3)[C@H](OCc3ccccc3)[C@H]2OCc2ccccc2)c1OCc1ccccc1. The summed E-state index contributed by atoms with van der Waals surface area (Å²) >= 11 is 0. The first-order valence-electron chi connectivity index (χ1n) is 28.5. The minimum Gasteiger partial charge on any atom is -0.489 e. The van der Waals surface area contributed by atoms with Crippen LogP contribution in [0.3, 0.4) is 0 Å². The summed E-state index contributed by atoms with van der Waals surface area (Å²) in [6.07, 6.45) is -0.780. The van der Waals surface area contributed by atoms with Gasteiger partial charge in [-0.15, -0.1) is 0 Å². The first-order chi connectivity index (χ1) is 40.7. The maximum Gasteiger partial charge on any atom is 0.189 e. The monoisotopic (exact) mass is 1100 g/mol. The number of carbonyl (C=O) groups is 1. The van der Waals surface area contributed by atoms with Crippen molar-refractivity contribution >= 4 is 11.9 Å². The fourth-order valence-corrected chi connectivity index (χ4v) is 10.1. The molecule has 5 atom stereocenters. The van der Waals surface area contributed by atoms with E-state index >= 15 is 4.79 Å². The average Bonchev–Trinajstić information content (AvgIpc) is 2.91. The first kappa shape index (κ1) is 57.8. The summed E-state index contributed by atoms with van der Waals surface area (Å²) in [5, 5.41) is 0. The lowest BCUT2D eigenvalue weighted by molar-refractivity contribution is -0.275. The quantitative estimate of drug-likeness (QED) is 0.0388. The van der Waals surface area contributed by atoms with Crippen molar-refractivity contribution in [2.24, 2.45) is 0 Å². The Kier molecular flexibility index (Phi) is 20.2. The molecule has 9 aromatic rings. The standard InChI is InChI=1S/C74H72O9/c1-74(2,3)64-45-63(65(75)44-41-54-39-42-62(43-40-54)77-47-56-27-13-5-14-28-56)68(78-48-57-29-15-6-16-30-57)67(69(64)79-49-58-31-17-7-18-32-58)71-73(82-52-61-37-23-10-24-38-61)72(81-51-60-35-21-9-22-36-60)70(80-50-59-33-19-8-20-34-59)66(83-71)53-76-46-55-25-11-4-12-26-55/h4-45,66,70-73H,46-53H2,1-3H3/b44-41+/t66-,70-,71+,72+,73+/m1/s1. The second-order valence-electron chi connectivity index (χ2n) is 21.8. The Morgan fingerprint density at radius 1 is 0.434 bits per heavy atom. The van der Waals surface area contributed by atoms with Crippen LogP contribution >= 0.6 is 0 Å².